The summed E-state index contributed by atoms with van der Waals surface area (Å²) in [7, 11) is -3.80. The van der Waals surface area contributed by atoms with Gasteiger partial charge in [-0.25, -0.2) is 8.42 Å². The molecule has 3 rings (SSSR count). The second kappa shape index (κ2) is 12.6. The number of hydrogen-bond donors (Lipinski definition) is 1. The van der Waals surface area contributed by atoms with Gasteiger partial charge in [0.05, 0.1) is 11.4 Å². The first-order chi connectivity index (χ1) is 17.3. The highest BCUT2D eigenvalue weighted by Gasteiger charge is 2.31. The molecule has 2 aromatic rings. The molecule has 1 aliphatic heterocycles. The van der Waals surface area contributed by atoms with Crippen LogP contribution in [0.4, 0.5) is 5.69 Å². The molecule has 9 nitrogen and oxygen atoms in total. The van der Waals surface area contributed by atoms with Crippen molar-refractivity contribution in [2.24, 2.45) is 0 Å². The molecule has 36 heavy (non-hydrogen) atoms. The highest BCUT2D eigenvalue weighted by molar-refractivity contribution is 7.92. The van der Waals surface area contributed by atoms with Crippen LogP contribution < -0.4 is 19.1 Å². The normalized spacial score (nSPS) is 13.2. The quantitative estimate of drug-likeness (QED) is 0.410. The number of nitrogens with zero attached hydrogens (tertiary/aromatic N) is 2. The van der Waals surface area contributed by atoms with Crippen molar-refractivity contribution in [3.05, 3.63) is 54.1 Å². The van der Waals surface area contributed by atoms with Gasteiger partial charge in [0.25, 0.3) is 0 Å². The number of hydrogen-bond acceptors (Lipinski definition) is 6. The van der Waals surface area contributed by atoms with Crippen LogP contribution in [0.15, 0.2) is 48.5 Å². The Kier molecular flexibility index (Phi) is 9.58. The Morgan fingerprint density at radius 1 is 1.06 bits per heavy atom. The zero-order valence-electron chi connectivity index (χ0n) is 21.1. The van der Waals surface area contributed by atoms with Gasteiger partial charge in [-0.1, -0.05) is 43.7 Å². The topological polar surface area (TPSA) is 105 Å². The van der Waals surface area contributed by atoms with Crippen molar-refractivity contribution in [2.75, 3.05) is 36.5 Å². The van der Waals surface area contributed by atoms with Crippen LogP contribution in [0.1, 0.15) is 39.2 Å². The predicted molar refractivity (Wildman–Crippen MR) is 139 cm³/mol. The van der Waals surface area contributed by atoms with E-state index in [4.69, 9.17) is 9.47 Å². The maximum atomic E-state index is 13.6. The largest absolute Gasteiger partial charge is 0.454 e. The first kappa shape index (κ1) is 27.3. The average Bonchev–Trinajstić information content (AvgIpc) is 3.35. The van der Waals surface area contributed by atoms with E-state index in [1.165, 1.54) is 11.8 Å². The lowest BCUT2D eigenvalue weighted by molar-refractivity contribution is -0.138. The van der Waals surface area contributed by atoms with Crippen molar-refractivity contribution in [1.29, 1.82) is 0 Å². The van der Waals surface area contributed by atoms with E-state index in [0.29, 0.717) is 30.2 Å². The molecular weight excluding hydrogens is 482 g/mol. The van der Waals surface area contributed by atoms with Crippen LogP contribution in [0, 0.1) is 0 Å². The molecule has 0 fully saturated rings. The molecule has 0 spiro atoms. The summed E-state index contributed by atoms with van der Waals surface area (Å²) in [5, 5.41) is 2.88. The SMILES string of the molecule is CCCCNC(=O)C(C)N(CCc1ccccc1)C(=O)CN(c1ccc2c(c1)OCO2)S(=O)(=O)CC. The van der Waals surface area contributed by atoms with Crippen LogP contribution in [0.3, 0.4) is 0 Å². The van der Waals surface area contributed by atoms with Gasteiger partial charge in [0.2, 0.25) is 28.6 Å². The third kappa shape index (κ3) is 6.90. The molecule has 0 aromatic heterocycles. The third-order valence-corrected chi connectivity index (χ3v) is 7.85. The van der Waals surface area contributed by atoms with E-state index < -0.39 is 28.5 Å². The lowest BCUT2D eigenvalue weighted by Crippen LogP contribution is -2.52. The monoisotopic (exact) mass is 517 g/mol. The van der Waals surface area contributed by atoms with Crippen molar-refractivity contribution < 1.29 is 27.5 Å². The van der Waals surface area contributed by atoms with Crippen LogP contribution >= 0.6 is 0 Å². The van der Waals surface area contributed by atoms with Crippen molar-refractivity contribution in [2.45, 2.75) is 46.1 Å². The fraction of sp³-hybridized carbons (Fsp3) is 0.462. The van der Waals surface area contributed by atoms with Gasteiger partial charge in [0, 0.05) is 19.2 Å². The van der Waals surface area contributed by atoms with Gasteiger partial charge < -0.3 is 19.7 Å². The molecule has 1 heterocycles. The number of benzene rings is 2. The van der Waals surface area contributed by atoms with Gasteiger partial charge in [-0.15, -0.1) is 0 Å². The first-order valence-electron chi connectivity index (χ1n) is 12.3. The van der Waals surface area contributed by atoms with Gasteiger partial charge >= 0.3 is 0 Å². The van der Waals surface area contributed by atoms with E-state index in [-0.39, 0.29) is 25.0 Å². The van der Waals surface area contributed by atoms with Gasteiger partial charge in [0.1, 0.15) is 12.6 Å². The lowest BCUT2D eigenvalue weighted by atomic mass is 10.1. The summed E-state index contributed by atoms with van der Waals surface area (Å²) in [5.74, 6) is 0.0180. The van der Waals surface area contributed by atoms with E-state index >= 15 is 0 Å². The fourth-order valence-electron chi connectivity index (χ4n) is 3.87. The predicted octanol–water partition coefficient (Wildman–Crippen LogP) is 2.95. The maximum absolute atomic E-state index is 13.6. The number of ether oxygens (including phenoxy) is 2. The van der Waals surface area contributed by atoms with E-state index in [1.807, 2.05) is 37.3 Å². The number of sulfonamides is 1. The summed E-state index contributed by atoms with van der Waals surface area (Å²) in [6, 6.07) is 13.6. The van der Waals surface area contributed by atoms with Crippen LogP contribution in [0.2, 0.25) is 0 Å². The molecule has 0 bridgehead atoms. The van der Waals surface area contributed by atoms with Crippen LogP contribution in [0.5, 0.6) is 11.5 Å². The Balaban J connectivity index is 1.85. The molecule has 0 saturated carbocycles. The second-order valence-electron chi connectivity index (χ2n) is 8.59. The maximum Gasteiger partial charge on any atom is 0.244 e. The number of rotatable bonds is 13. The molecule has 1 aliphatic rings. The number of fused-ring (bicyclic) bond motifs is 1. The van der Waals surface area contributed by atoms with Gasteiger partial charge in [-0.3, -0.25) is 13.9 Å². The standard InChI is InChI=1S/C26H35N3O6S/c1-4-6-15-27-26(31)20(3)28(16-14-21-10-8-7-9-11-21)25(30)18-29(36(32,33)5-2)22-12-13-23-24(17-22)35-19-34-23/h7-13,17,20H,4-6,14-16,18-19H2,1-3H3,(H,27,31). The lowest BCUT2D eigenvalue weighted by Gasteiger charge is -2.32. The number of amides is 2. The highest BCUT2D eigenvalue weighted by Crippen LogP contribution is 2.36. The summed E-state index contributed by atoms with van der Waals surface area (Å²) >= 11 is 0. The minimum atomic E-state index is -3.80. The van der Waals surface area contributed by atoms with E-state index in [0.717, 1.165) is 22.7 Å². The van der Waals surface area contributed by atoms with E-state index in [9.17, 15) is 18.0 Å². The molecule has 2 aromatic carbocycles. The summed E-state index contributed by atoms with van der Waals surface area (Å²) in [6.45, 7) is 5.64. The number of carbonyl (C=O) groups is 2. The minimum absolute atomic E-state index is 0.0518. The van der Waals surface area contributed by atoms with Crippen molar-refractivity contribution in [3.63, 3.8) is 0 Å². The number of carbonyl (C=O) groups excluding carboxylic acids is 2. The third-order valence-electron chi connectivity index (χ3n) is 6.10. The Morgan fingerprint density at radius 2 is 1.78 bits per heavy atom. The van der Waals surface area contributed by atoms with Crippen LogP contribution in [0.25, 0.3) is 0 Å². The fourth-order valence-corrected chi connectivity index (χ4v) is 4.92. The molecule has 0 aliphatic carbocycles. The Bertz CT molecular complexity index is 1140. The zero-order chi connectivity index (χ0) is 26.1. The van der Waals surface area contributed by atoms with Crippen molar-refractivity contribution in [1.82, 2.24) is 10.2 Å². The molecule has 1 unspecified atom stereocenters. The number of anilines is 1. The summed E-state index contributed by atoms with van der Waals surface area (Å²) in [4.78, 5) is 27.9. The van der Waals surface area contributed by atoms with Crippen LogP contribution in [-0.2, 0) is 26.0 Å². The molecule has 0 saturated heterocycles. The van der Waals surface area contributed by atoms with Crippen molar-refractivity contribution >= 4 is 27.5 Å². The Morgan fingerprint density at radius 3 is 2.47 bits per heavy atom. The number of unbranched alkanes of at least 4 members (excludes halogenated alkanes) is 1. The molecular formula is C26H35N3O6S. The average molecular weight is 518 g/mol. The molecule has 0 radical (unpaired) electrons. The second-order valence-corrected chi connectivity index (χ2v) is 10.8. The summed E-state index contributed by atoms with van der Waals surface area (Å²) in [6.07, 6.45) is 2.30. The summed E-state index contributed by atoms with van der Waals surface area (Å²) in [5.41, 5.74) is 1.32. The Hall–Kier alpha value is -3.27. The zero-order valence-corrected chi connectivity index (χ0v) is 21.9. The number of nitrogens with one attached hydrogen (secondary N) is 1. The summed E-state index contributed by atoms with van der Waals surface area (Å²) < 4.78 is 37.8. The molecule has 1 atom stereocenters. The smallest absolute Gasteiger partial charge is 0.244 e. The Labute approximate surface area is 213 Å². The van der Waals surface area contributed by atoms with Gasteiger partial charge in [-0.2, -0.15) is 0 Å². The highest BCUT2D eigenvalue weighted by atomic mass is 32.2. The molecule has 10 heteroatoms. The molecule has 1 N–H and O–H groups in total. The van der Waals surface area contributed by atoms with E-state index in [2.05, 4.69) is 5.32 Å². The van der Waals surface area contributed by atoms with E-state index in [1.54, 1.807) is 25.1 Å². The first-order valence-corrected chi connectivity index (χ1v) is 13.9. The molecule has 196 valence electrons. The molecule has 2 amide bonds. The van der Waals surface area contributed by atoms with Crippen LogP contribution in [-0.4, -0.2) is 63.4 Å². The van der Waals surface area contributed by atoms with Crippen molar-refractivity contribution in [3.8, 4) is 11.5 Å². The van der Waals surface area contributed by atoms with Gasteiger partial charge in [-0.05, 0) is 44.4 Å². The van der Waals surface area contributed by atoms with Gasteiger partial charge in [0.15, 0.2) is 11.5 Å². The minimum Gasteiger partial charge on any atom is -0.454 e.